The first-order chi connectivity index (χ1) is 5.29. The van der Waals surface area contributed by atoms with Crippen molar-refractivity contribution in [3.8, 4) is 0 Å². The van der Waals surface area contributed by atoms with Crippen LogP contribution in [0.15, 0.2) is 35.6 Å². The summed E-state index contributed by atoms with van der Waals surface area (Å²) < 4.78 is 0.939. The third-order valence-corrected chi connectivity index (χ3v) is 1.45. The van der Waals surface area contributed by atoms with Gasteiger partial charge in [0.1, 0.15) is 0 Å². The molecule has 0 spiro atoms. The van der Waals surface area contributed by atoms with E-state index in [9.17, 15) is 0 Å². The van der Waals surface area contributed by atoms with Gasteiger partial charge in [-0.2, -0.15) is 0 Å². The standard InChI is InChI=1S/C8H9BrN2/c1-7(9)6-11-8-2-4-10-5-3-8/h2-5H,1,6H2,(H,10,11). The van der Waals surface area contributed by atoms with Crippen molar-refractivity contribution in [2.45, 2.75) is 0 Å². The van der Waals surface area contributed by atoms with Crippen molar-refractivity contribution in [3.63, 3.8) is 0 Å². The number of nitrogens with zero attached hydrogens (tertiary/aromatic N) is 1. The molecule has 0 aliphatic rings. The van der Waals surface area contributed by atoms with E-state index in [2.05, 4.69) is 32.8 Å². The second-order valence-corrected chi connectivity index (χ2v) is 3.23. The number of hydrogen-bond donors (Lipinski definition) is 1. The molecule has 0 saturated heterocycles. The van der Waals surface area contributed by atoms with Gasteiger partial charge in [-0.05, 0) is 12.1 Å². The quantitative estimate of drug-likeness (QED) is 0.833. The lowest BCUT2D eigenvalue weighted by Crippen LogP contribution is -1.99. The number of nitrogens with one attached hydrogen (secondary N) is 1. The fourth-order valence-corrected chi connectivity index (χ4v) is 0.808. The second kappa shape index (κ2) is 4.13. The molecule has 1 rings (SSSR count). The highest BCUT2D eigenvalue weighted by Crippen LogP contribution is 2.06. The van der Waals surface area contributed by atoms with Crippen LogP contribution in [0.1, 0.15) is 0 Å². The number of halogens is 1. The molecule has 0 bridgehead atoms. The van der Waals surface area contributed by atoms with Crippen LogP contribution in [0.3, 0.4) is 0 Å². The summed E-state index contributed by atoms with van der Waals surface area (Å²) >= 11 is 3.26. The number of anilines is 1. The molecule has 0 amide bonds. The normalized spacial score (nSPS) is 9.18. The van der Waals surface area contributed by atoms with Crippen LogP contribution in [0.4, 0.5) is 5.69 Å². The van der Waals surface area contributed by atoms with Crippen LogP contribution in [0.25, 0.3) is 0 Å². The monoisotopic (exact) mass is 212 g/mol. The van der Waals surface area contributed by atoms with Crippen LogP contribution in [0, 0.1) is 0 Å². The Balaban J connectivity index is 2.45. The highest BCUT2D eigenvalue weighted by Gasteiger charge is 1.88. The van der Waals surface area contributed by atoms with E-state index in [1.54, 1.807) is 12.4 Å². The summed E-state index contributed by atoms with van der Waals surface area (Å²) in [7, 11) is 0. The van der Waals surface area contributed by atoms with E-state index in [4.69, 9.17) is 0 Å². The van der Waals surface area contributed by atoms with Gasteiger partial charge in [-0.3, -0.25) is 4.98 Å². The maximum absolute atomic E-state index is 3.90. The van der Waals surface area contributed by atoms with Gasteiger partial charge in [-0.15, -0.1) is 0 Å². The van der Waals surface area contributed by atoms with Crippen LogP contribution in [-0.2, 0) is 0 Å². The molecule has 1 aromatic rings. The highest BCUT2D eigenvalue weighted by atomic mass is 79.9. The van der Waals surface area contributed by atoms with Crippen LogP contribution in [0.5, 0.6) is 0 Å². The smallest absolute Gasteiger partial charge is 0.0460 e. The van der Waals surface area contributed by atoms with Gasteiger partial charge in [0.05, 0.1) is 0 Å². The summed E-state index contributed by atoms with van der Waals surface area (Å²) in [6, 6.07) is 3.83. The molecule has 1 heterocycles. The Bertz CT molecular complexity index is 233. The van der Waals surface area contributed by atoms with Crippen molar-refractivity contribution < 1.29 is 0 Å². The van der Waals surface area contributed by atoms with Gasteiger partial charge in [-0.25, -0.2) is 0 Å². The second-order valence-electron chi connectivity index (χ2n) is 2.11. The summed E-state index contributed by atoms with van der Waals surface area (Å²) in [4.78, 5) is 3.90. The van der Waals surface area contributed by atoms with E-state index >= 15 is 0 Å². The van der Waals surface area contributed by atoms with E-state index in [0.29, 0.717) is 0 Å². The van der Waals surface area contributed by atoms with Gasteiger partial charge in [0.25, 0.3) is 0 Å². The fraction of sp³-hybridized carbons (Fsp3) is 0.125. The first-order valence-electron chi connectivity index (χ1n) is 3.26. The molecule has 0 aliphatic carbocycles. The van der Waals surface area contributed by atoms with E-state index in [1.165, 1.54) is 0 Å². The highest BCUT2D eigenvalue weighted by molar-refractivity contribution is 9.11. The number of rotatable bonds is 3. The van der Waals surface area contributed by atoms with E-state index < -0.39 is 0 Å². The van der Waals surface area contributed by atoms with Crippen LogP contribution >= 0.6 is 15.9 Å². The average molecular weight is 213 g/mol. The zero-order valence-electron chi connectivity index (χ0n) is 6.05. The summed E-state index contributed by atoms with van der Waals surface area (Å²) in [6.07, 6.45) is 3.50. The molecule has 2 nitrogen and oxygen atoms in total. The molecular weight excluding hydrogens is 204 g/mol. The van der Waals surface area contributed by atoms with Crippen molar-refractivity contribution >= 4 is 21.6 Å². The zero-order valence-corrected chi connectivity index (χ0v) is 7.63. The third-order valence-electron chi connectivity index (χ3n) is 1.16. The minimum atomic E-state index is 0.740. The lowest BCUT2D eigenvalue weighted by Gasteiger charge is -2.02. The minimum Gasteiger partial charge on any atom is -0.380 e. The van der Waals surface area contributed by atoms with Gasteiger partial charge in [-0.1, -0.05) is 22.5 Å². The lowest BCUT2D eigenvalue weighted by atomic mass is 10.4. The Hall–Kier alpha value is -0.830. The zero-order chi connectivity index (χ0) is 8.10. The molecule has 1 aromatic heterocycles. The molecule has 0 aromatic carbocycles. The molecule has 11 heavy (non-hydrogen) atoms. The fourth-order valence-electron chi connectivity index (χ4n) is 0.668. The summed E-state index contributed by atoms with van der Waals surface area (Å²) in [6.45, 7) is 4.45. The molecule has 0 unspecified atom stereocenters. The Morgan fingerprint density at radius 2 is 2.18 bits per heavy atom. The molecule has 1 N–H and O–H groups in total. The summed E-state index contributed by atoms with van der Waals surface area (Å²) in [5, 5.41) is 3.16. The first kappa shape index (κ1) is 8.27. The molecule has 0 saturated carbocycles. The molecule has 3 heteroatoms. The summed E-state index contributed by atoms with van der Waals surface area (Å²) in [5.74, 6) is 0. The predicted octanol–water partition coefficient (Wildman–Crippen LogP) is 2.40. The molecule has 0 aliphatic heterocycles. The Labute approximate surface area is 74.5 Å². The van der Waals surface area contributed by atoms with Gasteiger partial charge >= 0.3 is 0 Å². The largest absolute Gasteiger partial charge is 0.380 e. The average Bonchev–Trinajstić information content (AvgIpc) is 2.03. The van der Waals surface area contributed by atoms with Gasteiger partial charge < -0.3 is 5.32 Å². The molecular formula is C8H9BrN2. The van der Waals surface area contributed by atoms with Crippen LogP contribution in [0.2, 0.25) is 0 Å². The van der Waals surface area contributed by atoms with Crippen molar-refractivity contribution in [1.29, 1.82) is 0 Å². The van der Waals surface area contributed by atoms with Crippen molar-refractivity contribution in [3.05, 3.63) is 35.6 Å². The van der Waals surface area contributed by atoms with Gasteiger partial charge in [0.2, 0.25) is 0 Å². The maximum atomic E-state index is 3.90. The lowest BCUT2D eigenvalue weighted by molar-refractivity contribution is 1.28. The van der Waals surface area contributed by atoms with E-state index in [1.807, 2.05) is 12.1 Å². The Morgan fingerprint density at radius 3 is 2.73 bits per heavy atom. The van der Waals surface area contributed by atoms with E-state index in [0.717, 1.165) is 16.7 Å². The first-order valence-corrected chi connectivity index (χ1v) is 4.05. The van der Waals surface area contributed by atoms with Crippen molar-refractivity contribution in [1.82, 2.24) is 4.98 Å². The Kier molecular flexibility index (Phi) is 3.11. The number of hydrogen-bond acceptors (Lipinski definition) is 2. The Morgan fingerprint density at radius 1 is 1.55 bits per heavy atom. The topological polar surface area (TPSA) is 24.9 Å². The molecule has 0 radical (unpaired) electrons. The number of aromatic nitrogens is 1. The van der Waals surface area contributed by atoms with E-state index in [-0.39, 0.29) is 0 Å². The van der Waals surface area contributed by atoms with Crippen LogP contribution in [-0.4, -0.2) is 11.5 Å². The van der Waals surface area contributed by atoms with Crippen molar-refractivity contribution in [2.24, 2.45) is 0 Å². The van der Waals surface area contributed by atoms with Crippen LogP contribution < -0.4 is 5.32 Å². The third kappa shape index (κ3) is 3.18. The number of pyridine rings is 1. The maximum Gasteiger partial charge on any atom is 0.0460 e. The van der Waals surface area contributed by atoms with Gasteiger partial charge in [0, 0.05) is 29.1 Å². The SMILES string of the molecule is C=C(Br)CNc1ccncc1. The molecule has 0 atom stereocenters. The van der Waals surface area contributed by atoms with Crippen molar-refractivity contribution in [2.75, 3.05) is 11.9 Å². The molecule has 0 fully saturated rings. The minimum absolute atomic E-state index is 0.740. The summed E-state index contributed by atoms with van der Waals surface area (Å²) in [5.41, 5.74) is 1.06. The predicted molar refractivity (Wildman–Crippen MR) is 50.8 cm³/mol. The molecule has 58 valence electrons. The van der Waals surface area contributed by atoms with Gasteiger partial charge in [0.15, 0.2) is 0 Å².